The van der Waals surface area contributed by atoms with Crippen molar-refractivity contribution in [3.05, 3.63) is 71.8 Å². The number of para-hydroxylation sites is 2. The van der Waals surface area contributed by atoms with E-state index in [1.807, 2.05) is 18.2 Å². The molecule has 3 heteroatoms. The first kappa shape index (κ1) is 20.1. The first-order valence-corrected chi connectivity index (χ1v) is 9.43. The lowest BCUT2D eigenvalue weighted by molar-refractivity contribution is 0.281. The van der Waals surface area contributed by atoms with Crippen molar-refractivity contribution in [3.8, 4) is 5.75 Å². The van der Waals surface area contributed by atoms with Crippen LogP contribution in [0.25, 0.3) is 0 Å². The Hall–Kier alpha value is -2.26. The summed E-state index contributed by atoms with van der Waals surface area (Å²) in [4.78, 5) is 0. The summed E-state index contributed by atoms with van der Waals surface area (Å²) in [5.41, 5.74) is 3.74. The van der Waals surface area contributed by atoms with E-state index >= 15 is 0 Å². The van der Waals surface area contributed by atoms with Crippen LogP contribution < -0.4 is 10.1 Å². The zero-order chi connectivity index (χ0) is 18.6. The van der Waals surface area contributed by atoms with E-state index in [0.29, 0.717) is 6.04 Å². The zero-order valence-corrected chi connectivity index (χ0v) is 15.9. The summed E-state index contributed by atoms with van der Waals surface area (Å²) in [5, 5.41) is 12.7. The van der Waals surface area contributed by atoms with Crippen molar-refractivity contribution >= 4 is 5.69 Å². The van der Waals surface area contributed by atoms with E-state index in [2.05, 4.69) is 54.7 Å². The van der Waals surface area contributed by atoms with Crippen LogP contribution in [0.2, 0.25) is 0 Å². The van der Waals surface area contributed by atoms with Gasteiger partial charge >= 0.3 is 0 Å². The van der Waals surface area contributed by atoms with E-state index in [0.717, 1.165) is 43.5 Å². The molecule has 0 aliphatic rings. The first-order valence-electron chi connectivity index (χ1n) is 9.43. The maximum Gasteiger partial charge on any atom is 0.141 e. The molecule has 0 aliphatic heterocycles. The van der Waals surface area contributed by atoms with Gasteiger partial charge in [-0.05, 0) is 56.7 Å². The van der Waals surface area contributed by atoms with E-state index in [4.69, 9.17) is 9.84 Å². The summed E-state index contributed by atoms with van der Waals surface area (Å²) in [6.07, 6.45) is 7.14. The van der Waals surface area contributed by atoms with Crippen LogP contribution >= 0.6 is 0 Å². The van der Waals surface area contributed by atoms with Crippen LogP contribution in [-0.2, 0) is 6.42 Å². The van der Waals surface area contributed by atoms with Gasteiger partial charge in [0, 0.05) is 12.6 Å². The largest absolute Gasteiger partial charge is 0.495 e. The number of allylic oxidation sites excluding steroid dienone is 1. The highest BCUT2D eigenvalue weighted by atomic mass is 16.5. The molecule has 0 spiro atoms. The predicted molar refractivity (Wildman–Crippen MR) is 110 cm³/mol. The Morgan fingerprint density at radius 3 is 2.54 bits per heavy atom. The average Bonchev–Trinajstić information content (AvgIpc) is 2.68. The summed E-state index contributed by atoms with van der Waals surface area (Å²) in [6, 6.07) is 18.9. The number of anilines is 1. The van der Waals surface area contributed by atoms with Gasteiger partial charge in [-0.15, -0.1) is 0 Å². The third-order valence-electron chi connectivity index (χ3n) is 4.52. The fourth-order valence-electron chi connectivity index (χ4n) is 3.09. The standard InChI is InChI=1S/C23H31NO2/c1-19(15-16-20-10-4-3-5-11-20)18-21(12-8-9-17-25)24-22-13-6-7-14-23(22)26-2/h3-7,10-11,13-15,21,24-25H,8-9,12,16-18H2,1-2H3/b19-15+. The van der Waals surface area contributed by atoms with Crippen molar-refractivity contribution in [2.45, 2.75) is 45.1 Å². The maximum absolute atomic E-state index is 9.09. The van der Waals surface area contributed by atoms with Gasteiger partial charge in [-0.25, -0.2) is 0 Å². The molecule has 2 N–H and O–H groups in total. The van der Waals surface area contributed by atoms with E-state index in [9.17, 15) is 0 Å². The monoisotopic (exact) mass is 353 g/mol. The Balaban J connectivity index is 2.01. The van der Waals surface area contributed by atoms with Crippen molar-refractivity contribution in [2.75, 3.05) is 19.0 Å². The van der Waals surface area contributed by atoms with Crippen LogP contribution in [0.1, 0.15) is 38.2 Å². The normalized spacial score (nSPS) is 12.7. The molecule has 0 aliphatic carbocycles. The second-order valence-corrected chi connectivity index (χ2v) is 6.71. The molecule has 0 fully saturated rings. The van der Waals surface area contributed by atoms with Crippen LogP contribution in [0.4, 0.5) is 5.69 Å². The number of hydrogen-bond donors (Lipinski definition) is 2. The Morgan fingerprint density at radius 2 is 1.81 bits per heavy atom. The molecule has 0 radical (unpaired) electrons. The first-order chi connectivity index (χ1) is 12.7. The number of hydrogen-bond acceptors (Lipinski definition) is 3. The third kappa shape index (κ3) is 6.93. The van der Waals surface area contributed by atoms with Gasteiger partial charge in [0.05, 0.1) is 12.8 Å². The van der Waals surface area contributed by atoms with Gasteiger partial charge in [0.1, 0.15) is 5.75 Å². The molecule has 0 saturated heterocycles. The molecule has 0 aromatic heterocycles. The lowest BCUT2D eigenvalue weighted by atomic mass is 9.99. The Labute approximate surface area is 157 Å². The van der Waals surface area contributed by atoms with Crippen LogP contribution in [0.15, 0.2) is 66.2 Å². The van der Waals surface area contributed by atoms with Crippen molar-refractivity contribution in [1.82, 2.24) is 0 Å². The van der Waals surface area contributed by atoms with Gasteiger partial charge in [0.15, 0.2) is 0 Å². The molecule has 0 heterocycles. The van der Waals surface area contributed by atoms with E-state index in [1.165, 1.54) is 11.1 Å². The Kier molecular flexibility index (Phi) is 8.77. The van der Waals surface area contributed by atoms with Crippen molar-refractivity contribution in [2.24, 2.45) is 0 Å². The molecule has 2 rings (SSSR count). The van der Waals surface area contributed by atoms with Crippen LogP contribution in [0.3, 0.4) is 0 Å². The molecule has 0 saturated carbocycles. The van der Waals surface area contributed by atoms with Gasteiger partial charge < -0.3 is 15.2 Å². The maximum atomic E-state index is 9.09. The lowest BCUT2D eigenvalue weighted by Crippen LogP contribution is -2.20. The van der Waals surface area contributed by atoms with Crippen molar-refractivity contribution in [3.63, 3.8) is 0 Å². The third-order valence-corrected chi connectivity index (χ3v) is 4.52. The number of benzene rings is 2. The van der Waals surface area contributed by atoms with E-state index in [1.54, 1.807) is 7.11 Å². The van der Waals surface area contributed by atoms with Gasteiger partial charge in [-0.3, -0.25) is 0 Å². The minimum atomic E-state index is 0.254. The van der Waals surface area contributed by atoms with Crippen LogP contribution in [-0.4, -0.2) is 24.9 Å². The molecule has 0 amide bonds. The quantitative estimate of drug-likeness (QED) is 0.430. The summed E-state index contributed by atoms with van der Waals surface area (Å²) >= 11 is 0. The summed E-state index contributed by atoms with van der Waals surface area (Å²) in [5.74, 6) is 0.866. The second kappa shape index (κ2) is 11.4. The highest BCUT2D eigenvalue weighted by Crippen LogP contribution is 2.26. The SMILES string of the molecule is COc1ccccc1NC(CCCCO)C/C(C)=C/Cc1ccccc1. The molecule has 1 unspecified atom stereocenters. The molecule has 2 aromatic carbocycles. The number of aliphatic hydroxyl groups is 1. The summed E-state index contributed by atoms with van der Waals surface area (Å²) in [7, 11) is 1.70. The molecule has 3 nitrogen and oxygen atoms in total. The van der Waals surface area contributed by atoms with Crippen molar-refractivity contribution < 1.29 is 9.84 Å². The van der Waals surface area contributed by atoms with Crippen LogP contribution in [0.5, 0.6) is 5.75 Å². The lowest BCUT2D eigenvalue weighted by Gasteiger charge is -2.22. The predicted octanol–water partition coefficient (Wildman–Crippen LogP) is 5.22. The van der Waals surface area contributed by atoms with Gasteiger partial charge in [-0.2, -0.15) is 0 Å². The molecule has 2 aromatic rings. The number of methoxy groups -OCH3 is 1. The fourth-order valence-corrected chi connectivity index (χ4v) is 3.09. The fraction of sp³-hybridized carbons (Fsp3) is 0.391. The Morgan fingerprint density at radius 1 is 1.08 bits per heavy atom. The summed E-state index contributed by atoms with van der Waals surface area (Å²) in [6.45, 7) is 2.45. The van der Waals surface area contributed by atoms with Gasteiger partial charge in [-0.1, -0.05) is 54.1 Å². The minimum Gasteiger partial charge on any atom is -0.495 e. The topological polar surface area (TPSA) is 41.5 Å². The molecule has 1 atom stereocenters. The van der Waals surface area contributed by atoms with E-state index in [-0.39, 0.29) is 6.61 Å². The Bertz CT molecular complexity index is 667. The van der Waals surface area contributed by atoms with Gasteiger partial charge in [0.25, 0.3) is 0 Å². The average molecular weight is 354 g/mol. The zero-order valence-electron chi connectivity index (χ0n) is 15.9. The van der Waals surface area contributed by atoms with Crippen molar-refractivity contribution in [1.29, 1.82) is 0 Å². The molecular weight excluding hydrogens is 322 g/mol. The molecular formula is C23H31NO2. The number of rotatable bonds is 11. The number of ether oxygens (including phenoxy) is 1. The summed E-state index contributed by atoms with van der Waals surface area (Å²) < 4.78 is 5.47. The van der Waals surface area contributed by atoms with Gasteiger partial charge in [0.2, 0.25) is 0 Å². The molecule has 26 heavy (non-hydrogen) atoms. The second-order valence-electron chi connectivity index (χ2n) is 6.71. The van der Waals surface area contributed by atoms with E-state index < -0.39 is 0 Å². The minimum absolute atomic E-state index is 0.254. The smallest absolute Gasteiger partial charge is 0.141 e. The highest BCUT2D eigenvalue weighted by molar-refractivity contribution is 5.56. The molecule has 0 bridgehead atoms. The number of aliphatic hydroxyl groups excluding tert-OH is 1. The molecule has 140 valence electrons. The number of unbranched alkanes of at least 4 members (excludes halogenated alkanes) is 1. The highest BCUT2D eigenvalue weighted by Gasteiger charge is 2.12. The van der Waals surface area contributed by atoms with Crippen LogP contribution in [0, 0.1) is 0 Å². The number of nitrogens with one attached hydrogen (secondary N) is 1.